The number of aliphatic hydroxyl groups is 1. The van der Waals surface area contributed by atoms with Gasteiger partial charge in [-0.15, -0.1) is 20.2 Å². The number of aliphatic hydroxyl groups excluding tert-OH is 1. The second kappa shape index (κ2) is 29.9. The molecule has 1 saturated heterocycles. The Morgan fingerprint density at radius 3 is 1.90 bits per heavy atom. The third kappa shape index (κ3) is 30.0. The van der Waals surface area contributed by atoms with Crippen molar-refractivity contribution < 1.29 is 75.3 Å². The standard InChI is InChI=1S/C13H20N2O.Co.2HNO3.6H2O/c1-11(16)10-15-8-3-2-6-13(15)12-5-4-7-14-9-12;;2*2-1(3)4;;;;;;/h4-5,7,9,11,13,16H,2-3,6,8,10H2,1H3;;2*(H,2,3,4);6*1H2. The number of pyridine rings is 1. The number of rotatable bonds is 3. The molecule has 2 unspecified atom stereocenters. The Morgan fingerprint density at radius 2 is 1.55 bits per heavy atom. The van der Waals surface area contributed by atoms with Crippen LogP contribution in [-0.2, 0) is 16.8 Å². The van der Waals surface area contributed by atoms with Gasteiger partial charge in [-0.2, -0.15) is 0 Å². The summed E-state index contributed by atoms with van der Waals surface area (Å²) in [6, 6.07) is 4.57. The van der Waals surface area contributed by atoms with Crippen LogP contribution in [0.5, 0.6) is 0 Å². The Hall–Kier alpha value is -2.26. The minimum absolute atomic E-state index is 0. The first-order valence-corrected chi connectivity index (χ1v) is 7.22. The van der Waals surface area contributed by atoms with Crippen molar-refractivity contribution in [3.05, 3.63) is 50.3 Å². The van der Waals surface area contributed by atoms with Gasteiger partial charge in [-0.25, -0.2) is 0 Å². The molecule has 0 amide bonds. The smallest absolute Gasteiger partial charge is 0.291 e. The summed E-state index contributed by atoms with van der Waals surface area (Å²) in [5.41, 5.74) is 1.28. The molecule has 17 nitrogen and oxygen atoms in total. The van der Waals surface area contributed by atoms with Gasteiger partial charge in [0.05, 0.1) is 6.10 Å². The SMILES string of the molecule is CC(O)CN1CCCCC1c1cccnc1.O.O.O.O.O.O.O=[N+]([O-])O.O=[N+]([O-])O.[Co]. The Labute approximate surface area is 187 Å². The molecule has 2 heterocycles. The normalized spacial score (nSPS) is 14.1. The third-order valence-electron chi connectivity index (χ3n) is 3.18. The van der Waals surface area contributed by atoms with Gasteiger partial charge in [0.1, 0.15) is 0 Å². The van der Waals surface area contributed by atoms with E-state index in [-0.39, 0.29) is 55.7 Å². The fourth-order valence-corrected chi connectivity index (χ4v) is 2.50. The maximum absolute atomic E-state index is 9.51. The molecule has 0 spiro atoms. The first-order chi connectivity index (χ1) is 11.2. The van der Waals surface area contributed by atoms with Gasteiger partial charge in [0.25, 0.3) is 10.2 Å². The van der Waals surface area contributed by atoms with Crippen LogP contribution in [0.4, 0.5) is 0 Å². The molecule has 15 N–H and O–H groups in total. The van der Waals surface area contributed by atoms with E-state index in [4.69, 9.17) is 30.6 Å². The zero-order chi connectivity index (χ0) is 18.5. The summed E-state index contributed by atoms with van der Waals surface area (Å²) in [5.74, 6) is 0. The number of aromatic nitrogens is 1. The summed E-state index contributed by atoms with van der Waals surface area (Å²) >= 11 is 0. The number of piperidine rings is 1. The topological polar surface area (TPSA) is 352 Å². The fraction of sp³-hybridized carbons (Fsp3) is 0.615. The molecule has 0 aromatic carbocycles. The quantitative estimate of drug-likeness (QED) is 0.264. The molecule has 1 fully saturated rings. The predicted octanol–water partition coefficient (Wildman–Crippen LogP) is -3.66. The van der Waals surface area contributed by atoms with Crippen LogP contribution in [0, 0.1) is 20.2 Å². The van der Waals surface area contributed by atoms with Crippen LogP contribution in [0.3, 0.4) is 0 Å². The minimum Gasteiger partial charge on any atom is -0.412 e. The van der Waals surface area contributed by atoms with Crippen LogP contribution in [0.15, 0.2) is 24.5 Å². The Morgan fingerprint density at radius 1 is 1.10 bits per heavy atom. The van der Waals surface area contributed by atoms with E-state index in [9.17, 15) is 5.11 Å². The fourth-order valence-electron chi connectivity index (χ4n) is 2.50. The van der Waals surface area contributed by atoms with Crippen LogP contribution in [0.2, 0.25) is 0 Å². The van der Waals surface area contributed by atoms with Crippen LogP contribution < -0.4 is 0 Å². The molecule has 1 aliphatic heterocycles. The van der Waals surface area contributed by atoms with Crippen LogP contribution in [-0.4, -0.2) is 87.6 Å². The van der Waals surface area contributed by atoms with Gasteiger partial charge in [-0.05, 0) is 37.9 Å². The first kappa shape index (κ1) is 51.4. The molecule has 31 heavy (non-hydrogen) atoms. The number of hydrogen-bond donors (Lipinski definition) is 3. The van der Waals surface area contributed by atoms with Gasteiger partial charge in [0.15, 0.2) is 0 Å². The van der Waals surface area contributed by atoms with Crippen molar-refractivity contribution in [2.75, 3.05) is 13.1 Å². The number of nitrogens with zero attached hydrogens (tertiary/aromatic N) is 4. The number of hydrogen-bond acceptors (Lipinski definition) is 7. The second-order valence-corrected chi connectivity index (χ2v) is 5.12. The molecule has 0 aliphatic carbocycles. The van der Waals surface area contributed by atoms with Gasteiger partial charge in [0.2, 0.25) is 0 Å². The van der Waals surface area contributed by atoms with Crippen LogP contribution in [0.25, 0.3) is 0 Å². The van der Waals surface area contributed by atoms with Crippen molar-refractivity contribution >= 4 is 0 Å². The second-order valence-electron chi connectivity index (χ2n) is 5.12. The summed E-state index contributed by atoms with van der Waals surface area (Å²) in [6.45, 7) is 3.71. The van der Waals surface area contributed by atoms with Crippen molar-refractivity contribution in [1.82, 2.24) is 9.88 Å². The zero-order valence-corrected chi connectivity index (χ0v) is 17.6. The van der Waals surface area contributed by atoms with E-state index >= 15 is 0 Å². The molecule has 1 aliphatic rings. The van der Waals surface area contributed by atoms with E-state index in [2.05, 4.69) is 16.0 Å². The van der Waals surface area contributed by atoms with Crippen molar-refractivity contribution in [2.24, 2.45) is 0 Å². The molecule has 1 aromatic heterocycles. The van der Waals surface area contributed by atoms with E-state index in [1.165, 1.54) is 24.8 Å². The van der Waals surface area contributed by atoms with Gasteiger partial charge >= 0.3 is 0 Å². The van der Waals surface area contributed by atoms with Gasteiger partial charge < -0.3 is 48.4 Å². The van der Waals surface area contributed by atoms with Crippen molar-refractivity contribution in [3.8, 4) is 0 Å². The van der Waals surface area contributed by atoms with Gasteiger partial charge in [-0.3, -0.25) is 9.88 Å². The van der Waals surface area contributed by atoms with E-state index in [1.54, 1.807) is 0 Å². The predicted molar refractivity (Wildman–Crippen MR) is 103 cm³/mol. The molecule has 2 rings (SSSR count). The number of β-amino-alcohol motifs (C(OH)–C–C–N with tert-alkyl or cyclic N) is 1. The van der Waals surface area contributed by atoms with E-state index in [0.717, 1.165) is 13.1 Å². The molecule has 0 saturated carbocycles. The summed E-state index contributed by atoms with van der Waals surface area (Å²) in [4.78, 5) is 23.3. The van der Waals surface area contributed by atoms with Gasteiger partial charge in [0, 0.05) is 41.8 Å². The summed E-state index contributed by atoms with van der Waals surface area (Å²) in [6.07, 6.45) is 7.20. The maximum atomic E-state index is 9.51. The van der Waals surface area contributed by atoms with Crippen molar-refractivity contribution in [3.63, 3.8) is 0 Å². The number of likely N-dealkylation sites (tertiary alicyclic amines) is 1. The van der Waals surface area contributed by atoms with Crippen molar-refractivity contribution in [2.45, 2.75) is 38.3 Å². The molecule has 1 aromatic rings. The van der Waals surface area contributed by atoms with Crippen molar-refractivity contribution in [1.29, 1.82) is 0 Å². The van der Waals surface area contributed by atoms with E-state index < -0.39 is 10.2 Å². The minimum atomic E-state index is -1.50. The monoisotopic (exact) mass is 513 g/mol. The molecular weight excluding hydrogens is 479 g/mol. The molecule has 0 bridgehead atoms. The molecule has 193 valence electrons. The van der Waals surface area contributed by atoms with E-state index in [1.807, 2.05) is 25.4 Å². The van der Waals surface area contributed by atoms with E-state index in [0.29, 0.717) is 6.04 Å². The molecular formula is C13H34CoN4O13. The Kier molecular flexibility index (Phi) is 49.6. The summed E-state index contributed by atoms with van der Waals surface area (Å²) in [5, 5.41) is 36.8. The maximum Gasteiger partial charge on any atom is 0.291 e. The molecule has 2 atom stereocenters. The Balaban J connectivity index is -0.0000000520. The largest absolute Gasteiger partial charge is 0.412 e. The summed E-state index contributed by atoms with van der Waals surface area (Å²) in [7, 11) is 0. The zero-order valence-electron chi connectivity index (χ0n) is 16.6. The van der Waals surface area contributed by atoms with Gasteiger partial charge in [-0.1, -0.05) is 12.5 Å². The average Bonchev–Trinajstić information content (AvgIpc) is 2.47. The van der Waals surface area contributed by atoms with Crippen LogP contribution in [0.1, 0.15) is 37.8 Å². The molecule has 18 heteroatoms. The van der Waals surface area contributed by atoms with Crippen LogP contribution >= 0.6 is 0 Å². The first-order valence-electron chi connectivity index (χ1n) is 7.22. The molecule has 1 radical (unpaired) electrons. The Bertz CT molecular complexity index is 482. The summed E-state index contributed by atoms with van der Waals surface area (Å²) < 4.78 is 0. The third-order valence-corrected chi connectivity index (χ3v) is 3.18. The average molecular weight is 513 g/mol.